The normalized spacial score (nSPS) is 11.5. The van der Waals surface area contributed by atoms with Crippen molar-refractivity contribution in [2.75, 3.05) is 6.61 Å². The number of fused-ring (bicyclic) bond motifs is 1. The first-order valence-corrected chi connectivity index (χ1v) is 6.75. The van der Waals surface area contributed by atoms with Crippen LogP contribution >= 0.6 is 8.25 Å². The SMILES string of the molecule is CCCO[P+](=O)Oc1cccc2[nH]c(=O)c(=O)[nH]c12. The van der Waals surface area contributed by atoms with Gasteiger partial charge in [0.05, 0.1) is 5.52 Å². The van der Waals surface area contributed by atoms with E-state index >= 15 is 0 Å². The van der Waals surface area contributed by atoms with Gasteiger partial charge < -0.3 is 9.97 Å². The molecule has 1 aromatic heterocycles. The van der Waals surface area contributed by atoms with E-state index in [1.54, 1.807) is 12.1 Å². The maximum absolute atomic E-state index is 11.5. The molecule has 2 rings (SSSR count). The Morgan fingerprint density at radius 3 is 2.68 bits per heavy atom. The zero-order valence-corrected chi connectivity index (χ0v) is 11.0. The Hall–Kier alpha value is -1.98. The Balaban J connectivity index is 2.38. The van der Waals surface area contributed by atoms with Crippen LogP contribution in [-0.4, -0.2) is 16.6 Å². The quantitative estimate of drug-likeness (QED) is 0.642. The summed E-state index contributed by atoms with van der Waals surface area (Å²) in [5, 5.41) is 0. The van der Waals surface area contributed by atoms with Crippen LogP contribution in [0.5, 0.6) is 5.75 Å². The van der Waals surface area contributed by atoms with Crippen LogP contribution < -0.4 is 15.6 Å². The minimum Gasteiger partial charge on any atom is -0.316 e. The summed E-state index contributed by atoms with van der Waals surface area (Å²) in [5.74, 6) is 0.183. The van der Waals surface area contributed by atoms with Gasteiger partial charge in [-0.3, -0.25) is 9.59 Å². The summed E-state index contributed by atoms with van der Waals surface area (Å²) in [6.45, 7) is 2.19. The molecule has 0 amide bonds. The number of nitrogens with one attached hydrogen (secondary N) is 2. The predicted octanol–water partition coefficient (Wildman–Crippen LogP) is 1.68. The molecular weight excluding hydrogens is 271 g/mol. The van der Waals surface area contributed by atoms with E-state index in [9.17, 15) is 14.2 Å². The molecule has 1 aromatic carbocycles. The summed E-state index contributed by atoms with van der Waals surface area (Å²) in [7, 11) is -2.32. The monoisotopic (exact) mass is 283 g/mol. The van der Waals surface area contributed by atoms with Gasteiger partial charge in [0.2, 0.25) is 5.75 Å². The van der Waals surface area contributed by atoms with Crippen LogP contribution in [0.3, 0.4) is 0 Å². The van der Waals surface area contributed by atoms with Crippen LogP contribution in [0, 0.1) is 0 Å². The first-order chi connectivity index (χ1) is 9.11. The van der Waals surface area contributed by atoms with Crippen LogP contribution in [0.15, 0.2) is 27.8 Å². The number of para-hydroxylation sites is 1. The van der Waals surface area contributed by atoms with Crippen LogP contribution in [-0.2, 0) is 9.09 Å². The molecule has 0 aliphatic rings. The first kappa shape index (κ1) is 13.5. The topological polar surface area (TPSA) is 101 Å². The fourth-order valence-corrected chi connectivity index (χ4v) is 2.16. The van der Waals surface area contributed by atoms with Crippen molar-refractivity contribution in [2.45, 2.75) is 13.3 Å². The molecule has 0 aliphatic carbocycles. The second-order valence-corrected chi connectivity index (χ2v) is 4.62. The Morgan fingerprint density at radius 2 is 1.95 bits per heavy atom. The molecule has 1 heterocycles. The average Bonchev–Trinajstić information content (AvgIpc) is 2.38. The van der Waals surface area contributed by atoms with Crippen LogP contribution in [0.25, 0.3) is 11.0 Å². The smallest absolute Gasteiger partial charge is 0.316 e. The van der Waals surface area contributed by atoms with Gasteiger partial charge in [-0.1, -0.05) is 13.0 Å². The van der Waals surface area contributed by atoms with Crippen molar-refractivity contribution in [1.29, 1.82) is 0 Å². The molecule has 0 fully saturated rings. The molecule has 100 valence electrons. The van der Waals surface area contributed by atoms with Crippen molar-refractivity contribution < 1.29 is 13.6 Å². The maximum atomic E-state index is 11.5. The van der Waals surface area contributed by atoms with Gasteiger partial charge in [0, 0.05) is 4.57 Å². The highest BCUT2D eigenvalue weighted by atomic mass is 31.1. The zero-order chi connectivity index (χ0) is 13.8. The Kier molecular flexibility index (Phi) is 4.09. The molecule has 0 spiro atoms. The fourth-order valence-electron chi connectivity index (χ4n) is 1.46. The molecule has 0 bridgehead atoms. The van der Waals surface area contributed by atoms with Gasteiger partial charge in [-0.2, -0.15) is 0 Å². The Bertz CT molecular complexity index is 721. The second kappa shape index (κ2) is 5.77. The largest absolute Gasteiger partial charge is 0.750 e. The van der Waals surface area contributed by atoms with Crippen LogP contribution in [0.1, 0.15) is 13.3 Å². The van der Waals surface area contributed by atoms with Gasteiger partial charge in [-0.05, 0) is 18.6 Å². The van der Waals surface area contributed by atoms with E-state index in [-0.39, 0.29) is 11.3 Å². The highest BCUT2D eigenvalue weighted by Crippen LogP contribution is 2.31. The molecule has 1 atom stereocenters. The van der Waals surface area contributed by atoms with E-state index in [1.807, 2.05) is 6.92 Å². The summed E-state index contributed by atoms with van der Waals surface area (Å²) in [5.41, 5.74) is -0.888. The Labute approximate surface area is 108 Å². The molecular formula is C11H12N2O5P+. The van der Waals surface area contributed by atoms with E-state index in [2.05, 4.69) is 9.97 Å². The minimum atomic E-state index is -2.32. The van der Waals surface area contributed by atoms with Gasteiger partial charge in [0.15, 0.2) is 0 Å². The number of aromatic nitrogens is 2. The van der Waals surface area contributed by atoms with Crippen molar-refractivity contribution in [2.24, 2.45) is 0 Å². The standard InChI is InChI=1S/C11H11N2O5P/c1-2-6-17-19(16)18-8-5-3-4-7-9(8)13-11(15)10(14)12-7/h3-5H,2,6H2,1H3,(H-,12,13,14,15)/p+1. The fraction of sp³-hybridized carbons (Fsp3) is 0.273. The number of rotatable bonds is 5. The lowest BCUT2D eigenvalue weighted by atomic mass is 10.3. The molecule has 0 aliphatic heterocycles. The summed E-state index contributed by atoms with van der Waals surface area (Å²) < 4.78 is 21.5. The van der Waals surface area contributed by atoms with Gasteiger partial charge in [0.25, 0.3) is 0 Å². The lowest BCUT2D eigenvalue weighted by Gasteiger charge is -1.99. The molecule has 2 N–H and O–H groups in total. The summed E-state index contributed by atoms with van der Waals surface area (Å²) in [4.78, 5) is 27.2. The van der Waals surface area contributed by atoms with Crippen molar-refractivity contribution in [3.05, 3.63) is 38.9 Å². The highest BCUT2D eigenvalue weighted by Gasteiger charge is 2.23. The third kappa shape index (κ3) is 3.07. The van der Waals surface area contributed by atoms with Crippen LogP contribution in [0.4, 0.5) is 0 Å². The molecule has 0 saturated carbocycles. The van der Waals surface area contributed by atoms with Gasteiger partial charge in [-0.25, -0.2) is 4.52 Å². The predicted molar refractivity (Wildman–Crippen MR) is 69.7 cm³/mol. The number of H-pyrrole nitrogens is 2. The highest BCUT2D eigenvalue weighted by molar-refractivity contribution is 7.33. The zero-order valence-electron chi connectivity index (χ0n) is 10.1. The molecule has 0 radical (unpaired) electrons. The number of hydrogen-bond donors (Lipinski definition) is 2. The van der Waals surface area contributed by atoms with Crippen molar-refractivity contribution >= 4 is 19.3 Å². The molecule has 2 aromatic rings. The van der Waals surface area contributed by atoms with Gasteiger partial charge in [-0.15, -0.1) is 4.52 Å². The first-order valence-electron chi connectivity index (χ1n) is 5.65. The molecule has 1 unspecified atom stereocenters. The second-order valence-electron chi connectivity index (χ2n) is 3.74. The Morgan fingerprint density at radius 1 is 1.21 bits per heavy atom. The molecule has 0 saturated heterocycles. The van der Waals surface area contributed by atoms with E-state index in [0.717, 1.165) is 0 Å². The molecule has 7 nitrogen and oxygen atoms in total. The van der Waals surface area contributed by atoms with E-state index in [4.69, 9.17) is 9.05 Å². The molecule has 19 heavy (non-hydrogen) atoms. The summed E-state index contributed by atoms with van der Waals surface area (Å²) in [6, 6.07) is 4.73. The number of aromatic amines is 2. The summed E-state index contributed by atoms with van der Waals surface area (Å²) >= 11 is 0. The van der Waals surface area contributed by atoms with Crippen LogP contribution in [0.2, 0.25) is 0 Å². The van der Waals surface area contributed by atoms with Crippen molar-refractivity contribution in [1.82, 2.24) is 9.97 Å². The third-order valence-corrected chi connectivity index (χ3v) is 3.03. The van der Waals surface area contributed by atoms with E-state index < -0.39 is 19.4 Å². The summed E-state index contributed by atoms with van der Waals surface area (Å²) in [6.07, 6.45) is 0.712. The van der Waals surface area contributed by atoms with Crippen molar-refractivity contribution in [3.63, 3.8) is 0 Å². The number of hydrogen-bond acceptors (Lipinski definition) is 5. The van der Waals surface area contributed by atoms with Crippen molar-refractivity contribution in [3.8, 4) is 5.75 Å². The average molecular weight is 283 g/mol. The lowest BCUT2D eigenvalue weighted by molar-refractivity contribution is 0.287. The lowest BCUT2D eigenvalue weighted by Crippen LogP contribution is -2.28. The van der Waals surface area contributed by atoms with Gasteiger partial charge in [0.1, 0.15) is 12.1 Å². The van der Waals surface area contributed by atoms with E-state index in [0.29, 0.717) is 18.5 Å². The maximum Gasteiger partial charge on any atom is 0.750 e. The number of benzene rings is 1. The van der Waals surface area contributed by atoms with Gasteiger partial charge >= 0.3 is 19.4 Å². The minimum absolute atomic E-state index is 0.183. The third-order valence-electron chi connectivity index (χ3n) is 2.29. The molecule has 8 heteroatoms. The van der Waals surface area contributed by atoms with E-state index in [1.165, 1.54) is 6.07 Å².